The monoisotopic (exact) mass is 438 g/mol. The fourth-order valence-corrected chi connectivity index (χ4v) is 3.27. The standard InChI is InChI=1S/C18H14ClF3N6O2/c1-8(2)25-17(30)28-15-10(7-24-28)14-11(6-23-15)16(29)27(26-14)9-3-4-13(19)12(5-9)18(20,21)22/h3-8,23H,1-2H3,(H,25,30). The molecule has 0 bridgehead atoms. The second-order valence-corrected chi connectivity index (χ2v) is 7.26. The van der Waals surface area contributed by atoms with Gasteiger partial charge in [-0.2, -0.15) is 32.7 Å². The summed E-state index contributed by atoms with van der Waals surface area (Å²) in [4.78, 5) is 27.9. The van der Waals surface area contributed by atoms with Crippen LogP contribution in [0.2, 0.25) is 5.02 Å². The van der Waals surface area contributed by atoms with Crippen LogP contribution in [-0.4, -0.2) is 36.6 Å². The van der Waals surface area contributed by atoms with Crippen molar-refractivity contribution in [3.63, 3.8) is 0 Å². The summed E-state index contributed by atoms with van der Waals surface area (Å²) in [5, 5.41) is 10.8. The second-order valence-electron chi connectivity index (χ2n) is 6.85. The summed E-state index contributed by atoms with van der Waals surface area (Å²) in [6, 6.07) is 2.48. The Balaban J connectivity index is 1.89. The zero-order valence-corrected chi connectivity index (χ0v) is 16.3. The molecule has 1 amide bonds. The van der Waals surface area contributed by atoms with E-state index in [-0.39, 0.29) is 28.6 Å². The molecule has 12 heteroatoms. The Morgan fingerprint density at radius 3 is 2.70 bits per heavy atom. The van der Waals surface area contributed by atoms with E-state index in [0.29, 0.717) is 5.39 Å². The molecule has 4 rings (SSSR count). The number of aromatic amines is 1. The van der Waals surface area contributed by atoms with Crippen molar-refractivity contribution in [1.29, 1.82) is 0 Å². The Morgan fingerprint density at radius 2 is 2.03 bits per heavy atom. The first kappa shape index (κ1) is 20.0. The van der Waals surface area contributed by atoms with Crippen LogP contribution in [0.15, 0.2) is 35.4 Å². The van der Waals surface area contributed by atoms with E-state index in [1.54, 1.807) is 13.8 Å². The number of carbonyl (C=O) groups excluding carboxylic acids is 1. The molecule has 156 valence electrons. The third kappa shape index (κ3) is 3.20. The number of alkyl halides is 3. The van der Waals surface area contributed by atoms with Gasteiger partial charge < -0.3 is 10.3 Å². The molecule has 2 aromatic rings. The molecule has 2 N–H and O–H groups in total. The summed E-state index contributed by atoms with van der Waals surface area (Å²) < 4.78 is 41.5. The van der Waals surface area contributed by atoms with E-state index in [0.717, 1.165) is 21.5 Å². The predicted molar refractivity (Wildman–Crippen MR) is 103 cm³/mol. The molecule has 0 spiro atoms. The number of amides is 1. The number of H-pyrrole nitrogens is 1. The SMILES string of the molecule is CC(C)NC(=O)n1ncc2c3nn(-c4ccc(Cl)c(C(F)(F)F)c4)c(=O)c-3c[nH]c21. The van der Waals surface area contributed by atoms with Gasteiger partial charge in [-0.3, -0.25) is 4.79 Å². The quantitative estimate of drug-likeness (QED) is 0.499. The van der Waals surface area contributed by atoms with Crippen LogP contribution in [0.4, 0.5) is 18.0 Å². The number of hydrogen-bond donors (Lipinski definition) is 2. The van der Waals surface area contributed by atoms with Crippen LogP contribution in [0.5, 0.6) is 0 Å². The van der Waals surface area contributed by atoms with Crippen LogP contribution >= 0.6 is 11.6 Å². The molecule has 0 unspecified atom stereocenters. The molecule has 0 saturated carbocycles. The minimum absolute atomic E-state index is 0.0917. The number of halogens is 4. The maximum Gasteiger partial charge on any atom is 0.417 e. The molecule has 0 radical (unpaired) electrons. The molecule has 30 heavy (non-hydrogen) atoms. The molecule has 3 heterocycles. The average molecular weight is 439 g/mol. The molecule has 2 aliphatic heterocycles. The van der Waals surface area contributed by atoms with Crippen molar-refractivity contribution in [3.8, 4) is 16.9 Å². The largest absolute Gasteiger partial charge is 0.417 e. The van der Waals surface area contributed by atoms with Gasteiger partial charge in [0, 0.05) is 12.2 Å². The number of benzene rings is 1. The molecule has 2 aliphatic rings. The average Bonchev–Trinajstić information content (AvgIpc) is 3.22. The summed E-state index contributed by atoms with van der Waals surface area (Å²) in [5.41, 5.74) is -1.17. The Morgan fingerprint density at radius 1 is 1.30 bits per heavy atom. The third-order valence-corrected chi connectivity index (χ3v) is 4.69. The van der Waals surface area contributed by atoms with Crippen LogP contribution in [0.3, 0.4) is 0 Å². The van der Waals surface area contributed by atoms with Crippen molar-refractivity contribution >= 4 is 28.7 Å². The Kier molecular flexibility index (Phi) is 4.57. The lowest BCUT2D eigenvalue weighted by Gasteiger charge is -2.10. The summed E-state index contributed by atoms with van der Waals surface area (Å²) in [5.74, 6) is 0. The first-order valence-corrected chi connectivity index (χ1v) is 9.12. The maximum absolute atomic E-state index is 13.2. The lowest BCUT2D eigenvalue weighted by molar-refractivity contribution is -0.137. The van der Waals surface area contributed by atoms with E-state index < -0.39 is 28.4 Å². The van der Waals surface area contributed by atoms with Crippen LogP contribution in [-0.2, 0) is 6.18 Å². The molecule has 0 aliphatic carbocycles. The molecule has 1 aromatic heterocycles. The highest BCUT2D eigenvalue weighted by atomic mass is 35.5. The van der Waals surface area contributed by atoms with E-state index in [2.05, 4.69) is 20.5 Å². The van der Waals surface area contributed by atoms with Crippen molar-refractivity contribution in [2.75, 3.05) is 0 Å². The van der Waals surface area contributed by atoms with E-state index in [4.69, 9.17) is 11.6 Å². The molecule has 1 aromatic carbocycles. The normalized spacial score (nSPS) is 12.2. The van der Waals surface area contributed by atoms with Gasteiger partial charge in [0.15, 0.2) is 0 Å². The molecule has 8 nitrogen and oxygen atoms in total. The van der Waals surface area contributed by atoms with Gasteiger partial charge in [-0.05, 0) is 32.0 Å². The zero-order valence-electron chi connectivity index (χ0n) is 15.6. The second kappa shape index (κ2) is 6.87. The molecular formula is C18H14ClF3N6O2. The van der Waals surface area contributed by atoms with E-state index in [1.807, 2.05) is 0 Å². The van der Waals surface area contributed by atoms with Crippen molar-refractivity contribution in [2.24, 2.45) is 0 Å². The van der Waals surface area contributed by atoms with Gasteiger partial charge >= 0.3 is 12.2 Å². The van der Waals surface area contributed by atoms with E-state index in [1.165, 1.54) is 18.5 Å². The fraction of sp³-hybridized carbons (Fsp3) is 0.222. The van der Waals surface area contributed by atoms with E-state index >= 15 is 0 Å². The number of hydrogen-bond acceptors (Lipinski definition) is 4. The minimum Gasteiger partial charge on any atom is -0.345 e. The molecule has 0 fully saturated rings. The highest BCUT2D eigenvalue weighted by Gasteiger charge is 2.34. The smallest absolute Gasteiger partial charge is 0.345 e. The number of rotatable bonds is 2. The van der Waals surface area contributed by atoms with Gasteiger partial charge in [0.1, 0.15) is 11.3 Å². The molecule has 0 atom stereocenters. The van der Waals surface area contributed by atoms with Crippen LogP contribution in [0.1, 0.15) is 19.4 Å². The van der Waals surface area contributed by atoms with Crippen molar-refractivity contribution < 1.29 is 18.0 Å². The summed E-state index contributed by atoms with van der Waals surface area (Å²) in [6.45, 7) is 3.58. The highest BCUT2D eigenvalue weighted by molar-refractivity contribution is 6.31. The number of carbonyl (C=O) groups is 1. The minimum atomic E-state index is -4.69. The first-order valence-electron chi connectivity index (χ1n) is 8.74. The lowest BCUT2D eigenvalue weighted by Crippen LogP contribution is -2.34. The zero-order chi connectivity index (χ0) is 21.8. The number of fused-ring (bicyclic) bond motifs is 3. The number of nitrogens with one attached hydrogen (secondary N) is 2. The highest BCUT2D eigenvalue weighted by Crippen LogP contribution is 2.36. The van der Waals surface area contributed by atoms with Crippen LogP contribution in [0, 0.1) is 0 Å². The lowest BCUT2D eigenvalue weighted by atomic mass is 10.2. The number of pyridine rings is 1. The Labute approximate surface area is 171 Å². The fourth-order valence-electron chi connectivity index (χ4n) is 3.04. The van der Waals surface area contributed by atoms with E-state index in [9.17, 15) is 22.8 Å². The van der Waals surface area contributed by atoms with Gasteiger partial charge in [-0.15, -0.1) is 0 Å². The van der Waals surface area contributed by atoms with Gasteiger partial charge in [0.05, 0.1) is 33.4 Å². The predicted octanol–water partition coefficient (Wildman–Crippen LogP) is 3.65. The van der Waals surface area contributed by atoms with Gasteiger partial charge in [-0.1, -0.05) is 11.6 Å². The van der Waals surface area contributed by atoms with Crippen molar-refractivity contribution in [3.05, 3.63) is 51.5 Å². The third-order valence-electron chi connectivity index (χ3n) is 4.36. The van der Waals surface area contributed by atoms with Crippen LogP contribution < -0.4 is 10.9 Å². The van der Waals surface area contributed by atoms with Gasteiger partial charge in [0.2, 0.25) is 0 Å². The Hall–Kier alpha value is -3.34. The first-order chi connectivity index (χ1) is 14.1. The summed E-state index contributed by atoms with van der Waals surface area (Å²) in [6.07, 6.45) is -1.99. The number of nitrogens with zero attached hydrogens (tertiary/aromatic N) is 4. The molecular weight excluding hydrogens is 425 g/mol. The summed E-state index contributed by atoms with van der Waals surface area (Å²) >= 11 is 5.65. The maximum atomic E-state index is 13.2. The van der Waals surface area contributed by atoms with Gasteiger partial charge in [-0.25, -0.2) is 4.79 Å². The Bertz CT molecular complexity index is 1300. The van der Waals surface area contributed by atoms with Crippen molar-refractivity contribution in [1.82, 2.24) is 29.9 Å². The van der Waals surface area contributed by atoms with Gasteiger partial charge in [0.25, 0.3) is 5.56 Å². The number of aromatic nitrogens is 5. The summed E-state index contributed by atoms with van der Waals surface area (Å²) in [7, 11) is 0. The van der Waals surface area contributed by atoms with Crippen molar-refractivity contribution in [2.45, 2.75) is 26.1 Å². The molecule has 0 saturated heterocycles. The van der Waals surface area contributed by atoms with Crippen LogP contribution in [0.25, 0.3) is 28.0 Å². The topological polar surface area (TPSA) is 97.6 Å².